The fourth-order valence-electron chi connectivity index (χ4n) is 2.26. The zero-order valence-electron chi connectivity index (χ0n) is 11.6. The predicted molar refractivity (Wildman–Crippen MR) is 81.5 cm³/mol. The van der Waals surface area contributed by atoms with Crippen molar-refractivity contribution >= 4 is 15.7 Å². The van der Waals surface area contributed by atoms with E-state index in [-0.39, 0.29) is 29.9 Å². The van der Waals surface area contributed by atoms with E-state index in [1.165, 1.54) is 0 Å². The molecule has 1 unspecified atom stereocenters. The maximum atomic E-state index is 12.1. The Morgan fingerprint density at radius 1 is 1.43 bits per heavy atom. The van der Waals surface area contributed by atoms with Gasteiger partial charge in [-0.25, -0.2) is 8.42 Å². The monoisotopic (exact) mass is 306 g/mol. The van der Waals surface area contributed by atoms with Crippen LogP contribution in [0.2, 0.25) is 0 Å². The third kappa shape index (κ3) is 4.59. The maximum absolute atomic E-state index is 12.1. The van der Waals surface area contributed by atoms with E-state index in [4.69, 9.17) is 5.73 Å². The summed E-state index contributed by atoms with van der Waals surface area (Å²) in [6.07, 6.45) is 0.616. The van der Waals surface area contributed by atoms with E-state index < -0.39 is 9.84 Å². The van der Waals surface area contributed by atoms with E-state index in [9.17, 15) is 13.2 Å². The molecule has 0 bridgehead atoms. The molecule has 0 radical (unpaired) electrons. The van der Waals surface area contributed by atoms with Crippen LogP contribution in [0, 0.1) is 17.8 Å². The number of hydrogen-bond acceptors (Lipinski definition) is 4. The van der Waals surface area contributed by atoms with E-state index in [1.807, 2.05) is 6.07 Å². The standard InChI is InChI=1S/C15H18N2O3S/c16-7-2-4-12-3-1-5-14(9-12)15(18)17-10-13-6-8-21(19,20)11-13/h1,3,5,9,13H,6-8,10-11,16H2,(H,17,18). The van der Waals surface area contributed by atoms with E-state index in [0.29, 0.717) is 18.5 Å². The fourth-order valence-corrected chi connectivity index (χ4v) is 4.13. The zero-order valence-corrected chi connectivity index (χ0v) is 12.4. The number of carbonyl (C=O) groups excluding carboxylic acids is 1. The molecule has 1 aromatic carbocycles. The molecule has 0 aromatic heterocycles. The molecule has 0 aliphatic carbocycles. The first-order valence-electron chi connectivity index (χ1n) is 6.78. The summed E-state index contributed by atoms with van der Waals surface area (Å²) in [5.74, 6) is 5.79. The largest absolute Gasteiger partial charge is 0.352 e. The summed E-state index contributed by atoms with van der Waals surface area (Å²) in [4.78, 5) is 12.1. The highest BCUT2D eigenvalue weighted by Crippen LogP contribution is 2.17. The topological polar surface area (TPSA) is 89.3 Å². The van der Waals surface area contributed by atoms with Gasteiger partial charge < -0.3 is 11.1 Å². The number of nitrogens with one attached hydrogen (secondary N) is 1. The van der Waals surface area contributed by atoms with Gasteiger partial charge in [-0.15, -0.1) is 0 Å². The van der Waals surface area contributed by atoms with Gasteiger partial charge in [0.05, 0.1) is 18.1 Å². The molecule has 6 heteroatoms. The molecule has 0 spiro atoms. The lowest BCUT2D eigenvalue weighted by Crippen LogP contribution is -2.29. The van der Waals surface area contributed by atoms with Crippen molar-refractivity contribution in [1.82, 2.24) is 5.32 Å². The Labute approximate surface area is 124 Å². The molecule has 1 fully saturated rings. The van der Waals surface area contributed by atoms with Gasteiger partial charge in [0.1, 0.15) is 0 Å². The van der Waals surface area contributed by atoms with Crippen LogP contribution in [-0.2, 0) is 9.84 Å². The molecule has 1 amide bonds. The summed E-state index contributed by atoms with van der Waals surface area (Å²) in [7, 11) is -2.91. The Hall–Kier alpha value is -1.84. The van der Waals surface area contributed by atoms with Crippen LogP contribution in [0.3, 0.4) is 0 Å². The minimum atomic E-state index is -2.91. The Morgan fingerprint density at radius 3 is 2.90 bits per heavy atom. The van der Waals surface area contributed by atoms with Crippen molar-refractivity contribution < 1.29 is 13.2 Å². The van der Waals surface area contributed by atoms with Gasteiger partial charge >= 0.3 is 0 Å². The molecular formula is C15H18N2O3S. The second kappa shape index (κ2) is 6.74. The smallest absolute Gasteiger partial charge is 0.251 e. The van der Waals surface area contributed by atoms with Gasteiger partial charge in [-0.05, 0) is 30.5 Å². The molecule has 1 atom stereocenters. The minimum Gasteiger partial charge on any atom is -0.352 e. The van der Waals surface area contributed by atoms with Gasteiger partial charge in [-0.2, -0.15) is 0 Å². The van der Waals surface area contributed by atoms with Crippen LogP contribution in [-0.4, -0.2) is 38.9 Å². The van der Waals surface area contributed by atoms with Crippen molar-refractivity contribution in [2.24, 2.45) is 11.7 Å². The van der Waals surface area contributed by atoms with Gasteiger partial charge in [0.15, 0.2) is 9.84 Å². The van der Waals surface area contributed by atoms with Crippen LogP contribution in [0.4, 0.5) is 0 Å². The molecule has 1 aliphatic rings. The van der Waals surface area contributed by atoms with E-state index >= 15 is 0 Å². The first-order valence-corrected chi connectivity index (χ1v) is 8.60. The molecule has 0 saturated carbocycles. The van der Waals surface area contributed by atoms with Gasteiger partial charge in [0, 0.05) is 17.7 Å². The van der Waals surface area contributed by atoms with Crippen molar-refractivity contribution in [1.29, 1.82) is 0 Å². The lowest BCUT2D eigenvalue weighted by molar-refractivity contribution is 0.0948. The second-order valence-corrected chi connectivity index (χ2v) is 7.29. The third-order valence-corrected chi connectivity index (χ3v) is 5.17. The van der Waals surface area contributed by atoms with Crippen molar-refractivity contribution in [3.63, 3.8) is 0 Å². The maximum Gasteiger partial charge on any atom is 0.251 e. The quantitative estimate of drug-likeness (QED) is 0.779. The van der Waals surface area contributed by atoms with Crippen molar-refractivity contribution in [3.05, 3.63) is 35.4 Å². The summed E-state index contributed by atoms with van der Waals surface area (Å²) in [5, 5.41) is 2.79. The molecule has 2 rings (SSSR count). The average molecular weight is 306 g/mol. The molecule has 3 N–H and O–H groups in total. The molecule has 21 heavy (non-hydrogen) atoms. The Balaban J connectivity index is 1.94. The van der Waals surface area contributed by atoms with Crippen LogP contribution >= 0.6 is 0 Å². The summed E-state index contributed by atoms with van der Waals surface area (Å²) >= 11 is 0. The summed E-state index contributed by atoms with van der Waals surface area (Å²) in [5.41, 5.74) is 6.56. The SMILES string of the molecule is NCC#Cc1cccc(C(=O)NCC2CCS(=O)(=O)C2)c1. The van der Waals surface area contributed by atoms with Gasteiger partial charge in [-0.1, -0.05) is 17.9 Å². The Morgan fingerprint density at radius 2 is 2.24 bits per heavy atom. The number of benzene rings is 1. The van der Waals surface area contributed by atoms with E-state index in [2.05, 4.69) is 17.2 Å². The molecule has 112 valence electrons. The lowest BCUT2D eigenvalue weighted by Gasteiger charge is -2.09. The first-order chi connectivity index (χ1) is 10.00. The van der Waals surface area contributed by atoms with Crippen molar-refractivity contribution in [2.75, 3.05) is 24.6 Å². The fraction of sp³-hybridized carbons (Fsp3) is 0.400. The van der Waals surface area contributed by atoms with E-state index in [1.54, 1.807) is 18.2 Å². The average Bonchev–Trinajstić information content (AvgIpc) is 2.82. The van der Waals surface area contributed by atoms with Crippen LogP contribution in [0.25, 0.3) is 0 Å². The predicted octanol–water partition coefficient (Wildman–Crippen LogP) is 0.161. The molecular weight excluding hydrogens is 288 g/mol. The minimum absolute atomic E-state index is 0.0131. The molecule has 1 heterocycles. The second-order valence-electron chi connectivity index (χ2n) is 5.07. The van der Waals surface area contributed by atoms with Crippen LogP contribution in [0.5, 0.6) is 0 Å². The summed E-state index contributed by atoms with van der Waals surface area (Å²) < 4.78 is 22.7. The third-order valence-electron chi connectivity index (χ3n) is 3.34. The highest BCUT2D eigenvalue weighted by Gasteiger charge is 2.27. The number of hydrogen-bond donors (Lipinski definition) is 2. The number of sulfone groups is 1. The molecule has 1 aromatic rings. The van der Waals surface area contributed by atoms with Crippen LogP contribution in [0.1, 0.15) is 22.3 Å². The van der Waals surface area contributed by atoms with Gasteiger partial charge in [0.25, 0.3) is 5.91 Å². The number of nitrogens with two attached hydrogens (primary N) is 1. The number of rotatable bonds is 3. The molecule has 5 nitrogen and oxygen atoms in total. The normalized spacial score (nSPS) is 19.6. The summed E-state index contributed by atoms with van der Waals surface area (Å²) in [6.45, 7) is 0.656. The first kappa shape index (κ1) is 15.5. The van der Waals surface area contributed by atoms with Crippen molar-refractivity contribution in [2.45, 2.75) is 6.42 Å². The van der Waals surface area contributed by atoms with Gasteiger partial charge in [0.2, 0.25) is 0 Å². The molecule has 1 saturated heterocycles. The lowest BCUT2D eigenvalue weighted by atomic mass is 10.1. The number of carbonyl (C=O) groups is 1. The van der Waals surface area contributed by atoms with Crippen LogP contribution in [0.15, 0.2) is 24.3 Å². The van der Waals surface area contributed by atoms with E-state index in [0.717, 1.165) is 5.56 Å². The summed E-state index contributed by atoms with van der Waals surface area (Å²) in [6, 6.07) is 6.97. The van der Waals surface area contributed by atoms with Crippen molar-refractivity contribution in [3.8, 4) is 11.8 Å². The highest BCUT2D eigenvalue weighted by molar-refractivity contribution is 7.91. The Bertz CT molecular complexity index is 686. The Kier molecular flexibility index (Phi) is 4.99. The zero-order chi connectivity index (χ0) is 15.3. The van der Waals surface area contributed by atoms with Crippen LogP contribution < -0.4 is 11.1 Å². The molecule has 1 aliphatic heterocycles. The number of amides is 1. The highest BCUT2D eigenvalue weighted by atomic mass is 32.2. The van der Waals surface area contributed by atoms with Gasteiger partial charge in [-0.3, -0.25) is 4.79 Å².